The number of carboxylic acids is 1. The van der Waals surface area contributed by atoms with Crippen molar-refractivity contribution in [2.75, 3.05) is 6.61 Å². The van der Waals surface area contributed by atoms with E-state index in [1.165, 1.54) is 11.3 Å². The molecule has 0 spiro atoms. The maximum Gasteiger partial charge on any atom is 0.277 e. The van der Waals surface area contributed by atoms with E-state index in [9.17, 15) is 14.7 Å². The van der Waals surface area contributed by atoms with E-state index in [4.69, 9.17) is 10.00 Å². The lowest BCUT2D eigenvalue weighted by Gasteiger charge is -2.07. The topological polar surface area (TPSA) is 115 Å². The summed E-state index contributed by atoms with van der Waals surface area (Å²) in [6.07, 6.45) is -0.0338. The molecule has 0 atom stereocenters. The monoisotopic (exact) mass is 356 g/mol. The predicted molar refractivity (Wildman–Crippen MR) is 89.9 cm³/mol. The SMILES string of the molecule is N#Cc1ccc(OCC(=O)N/N=C(/CCC(=O)[O-])c2cccs2)cc1. The van der Waals surface area contributed by atoms with E-state index in [1.54, 1.807) is 30.3 Å². The molecular formula is C17H14N3O4S-. The van der Waals surface area contributed by atoms with Gasteiger partial charge in [-0.2, -0.15) is 10.4 Å². The van der Waals surface area contributed by atoms with E-state index in [0.29, 0.717) is 17.0 Å². The second kappa shape index (κ2) is 9.20. The Morgan fingerprint density at radius 2 is 2.00 bits per heavy atom. The molecule has 1 heterocycles. The second-order valence-electron chi connectivity index (χ2n) is 4.87. The number of rotatable bonds is 8. The first-order chi connectivity index (χ1) is 12.1. The molecule has 7 nitrogen and oxygen atoms in total. The summed E-state index contributed by atoms with van der Waals surface area (Å²) in [5.74, 6) is -1.21. The molecule has 2 aromatic rings. The van der Waals surface area contributed by atoms with Gasteiger partial charge in [0.25, 0.3) is 5.91 Å². The highest BCUT2D eigenvalue weighted by atomic mass is 32.1. The largest absolute Gasteiger partial charge is 0.550 e. The number of hydrogen-bond acceptors (Lipinski definition) is 7. The van der Waals surface area contributed by atoms with Crippen LogP contribution in [-0.2, 0) is 9.59 Å². The van der Waals surface area contributed by atoms with Crippen LogP contribution >= 0.6 is 11.3 Å². The van der Waals surface area contributed by atoms with Gasteiger partial charge in [0.2, 0.25) is 0 Å². The second-order valence-corrected chi connectivity index (χ2v) is 5.82. The number of thiophene rings is 1. The van der Waals surface area contributed by atoms with Gasteiger partial charge in [-0.25, -0.2) is 5.43 Å². The number of carboxylic acid groups (broad SMARTS) is 1. The number of aliphatic carboxylic acids is 1. The molecule has 128 valence electrons. The van der Waals surface area contributed by atoms with E-state index in [2.05, 4.69) is 10.5 Å². The van der Waals surface area contributed by atoms with Crippen LogP contribution in [0.25, 0.3) is 0 Å². The number of hydrazone groups is 1. The van der Waals surface area contributed by atoms with E-state index in [1.807, 2.05) is 17.5 Å². The van der Waals surface area contributed by atoms with Gasteiger partial charge in [0, 0.05) is 5.97 Å². The number of nitriles is 1. The van der Waals surface area contributed by atoms with Crippen LogP contribution in [0.15, 0.2) is 46.9 Å². The first kappa shape index (κ1) is 18.2. The molecule has 2 rings (SSSR count). The van der Waals surface area contributed by atoms with Gasteiger partial charge in [-0.15, -0.1) is 11.3 Å². The Balaban J connectivity index is 1.91. The number of hydrogen-bond donors (Lipinski definition) is 1. The van der Waals surface area contributed by atoms with Crippen LogP contribution in [0.5, 0.6) is 5.75 Å². The summed E-state index contributed by atoms with van der Waals surface area (Å²) >= 11 is 1.40. The standard InChI is InChI=1S/C17H15N3O4S/c18-10-12-3-5-13(6-4-12)24-11-16(21)20-19-14(7-8-17(22)23)15-2-1-9-25-15/h1-6,9H,7-8,11H2,(H,20,21)(H,22,23)/p-1/b19-14-. The van der Waals surface area contributed by atoms with Crippen molar-refractivity contribution in [2.24, 2.45) is 5.10 Å². The lowest BCUT2D eigenvalue weighted by molar-refractivity contribution is -0.305. The molecule has 0 bridgehead atoms. The van der Waals surface area contributed by atoms with Crippen molar-refractivity contribution in [3.63, 3.8) is 0 Å². The van der Waals surface area contributed by atoms with Crippen LogP contribution in [-0.4, -0.2) is 24.2 Å². The van der Waals surface area contributed by atoms with Gasteiger partial charge in [-0.1, -0.05) is 6.07 Å². The van der Waals surface area contributed by atoms with Gasteiger partial charge < -0.3 is 14.6 Å². The number of benzene rings is 1. The molecule has 0 saturated heterocycles. The molecule has 0 fully saturated rings. The maximum absolute atomic E-state index is 11.8. The maximum atomic E-state index is 11.8. The molecule has 0 aliphatic heterocycles. The highest BCUT2D eigenvalue weighted by Gasteiger charge is 2.08. The fraction of sp³-hybridized carbons (Fsp3) is 0.176. The third kappa shape index (κ3) is 6.08. The van der Waals surface area contributed by atoms with Crippen molar-refractivity contribution in [1.82, 2.24) is 5.43 Å². The van der Waals surface area contributed by atoms with Gasteiger partial charge in [-0.05, 0) is 48.6 Å². The van der Waals surface area contributed by atoms with Crippen LogP contribution in [0.1, 0.15) is 23.3 Å². The van der Waals surface area contributed by atoms with Crippen molar-refractivity contribution in [3.8, 4) is 11.8 Å². The molecule has 1 aromatic carbocycles. The van der Waals surface area contributed by atoms with E-state index < -0.39 is 11.9 Å². The van der Waals surface area contributed by atoms with Crippen LogP contribution in [0.3, 0.4) is 0 Å². The normalized spacial score (nSPS) is 10.8. The summed E-state index contributed by atoms with van der Waals surface area (Å²) in [6.45, 7) is -0.256. The zero-order chi connectivity index (χ0) is 18.1. The number of carbonyl (C=O) groups is 2. The Hall–Kier alpha value is -3.18. The molecule has 0 aliphatic carbocycles. The molecule has 0 aliphatic rings. The average Bonchev–Trinajstić information content (AvgIpc) is 3.14. The number of carbonyl (C=O) groups excluding carboxylic acids is 2. The molecule has 1 amide bonds. The van der Waals surface area contributed by atoms with Gasteiger partial charge in [0.05, 0.1) is 22.2 Å². The van der Waals surface area contributed by atoms with Crippen molar-refractivity contribution in [3.05, 3.63) is 52.2 Å². The van der Waals surface area contributed by atoms with Crippen molar-refractivity contribution in [2.45, 2.75) is 12.8 Å². The fourth-order valence-electron chi connectivity index (χ4n) is 1.83. The Morgan fingerprint density at radius 3 is 2.60 bits per heavy atom. The van der Waals surface area contributed by atoms with Crippen LogP contribution in [0.4, 0.5) is 0 Å². The highest BCUT2D eigenvalue weighted by molar-refractivity contribution is 7.12. The molecule has 25 heavy (non-hydrogen) atoms. The summed E-state index contributed by atoms with van der Waals surface area (Å²) in [5, 5.41) is 25.2. The van der Waals surface area contributed by atoms with Gasteiger partial charge >= 0.3 is 0 Å². The minimum Gasteiger partial charge on any atom is -0.550 e. The third-order valence-corrected chi connectivity index (χ3v) is 3.96. The number of amides is 1. The summed E-state index contributed by atoms with van der Waals surface area (Å²) in [7, 11) is 0. The third-order valence-electron chi connectivity index (χ3n) is 3.04. The van der Waals surface area contributed by atoms with E-state index in [0.717, 1.165) is 4.88 Å². The zero-order valence-electron chi connectivity index (χ0n) is 13.1. The van der Waals surface area contributed by atoms with Crippen molar-refractivity contribution >= 4 is 28.9 Å². The quantitative estimate of drug-likeness (QED) is 0.561. The molecule has 0 unspecified atom stereocenters. The lowest BCUT2D eigenvalue weighted by Crippen LogP contribution is -2.27. The molecule has 0 radical (unpaired) electrons. The van der Waals surface area contributed by atoms with Crippen molar-refractivity contribution < 1.29 is 19.4 Å². The van der Waals surface area contributed by atoms with Crippen LogP contribution in [0, 0.1) is 11.3 Å². The Bertz CT molecular complexity index is 792. The van der Waals surface area contributed by atoms with Gasteiger partial charge in [0.1, 0.15) is 5.75 Å². The highest BCUT2D eigenvalue weighted by Crippen LogP contribution is 2.13. The molecule has 1 aromatic heterocycles. The van der Waals surface area contributed by atoms with Crippen LogP contribution < -0.4 is 15.3 Å². The lowest BCUT2D eigenvalue weighted by atomic mass is 10.2. The summed E-state index contributed by atoms with van der Waals surface area (Å²) < 4.78 is 5.30. The molecule has 1 N–H and O–H groups in total. The minimum absolute atomic E-state index is 0.152. The number of nitrogens with one attached hydrogen (secondary N) is 1. The number of nitrogens with zero attached hydrogens (tertiary/aromatic N) is 2. The Morgan fingerprint density at radius 1 is 1.24 bits per heavy atom. The van der Waals surface area contributed by atoms with Gasteiger partial charge in [-0.3, -0.25) is 4.79 Å². The molecule has 8 heteroatoms. The summed E-state index contributed by atoms with van der Waals surface area (Å²) in [5.41, 5.74) is 3.31. The first-order valence-corrected chi connectivity index (χ1v) is 8.18. The molecular weight excluding hydrogens is 342 g/mol. The first-order valence-electron chi connectivity index (χ1n) is 7.30. The van der Waals surface area contributed by atoms with Gasteiger partial charge in [0.15, 0.2) is 6.61 Å². The van der Waals surface area contributed by atoms with Crippen LogP contribution in [0.2, 0.25) is 0 Å². The van der Waals surface area contributed by atoms with Crippen molar-refractivity contribution in [1.29, 1.82) is 5.26 Å². The Labute approximate surface area is 148 Å². The zero-order valence-corrected chi connectivity index (χ0v) is 13.9. The smallest absolute Gasteiger partial charge is 0.277 e. The van der Waals surface area contributed by atoms with E-state index in [-0.39, 0.29) is 19.4 Å². The summed E-state index contributed by atoms with van der Waals surface area (Å²) in [4.78, 5) is 23.2. The predicted octanol–water partition coefficient (Wildman–Crippen LogP) is 1.05. The average molecular weight is 356 g/mol. The molecule has 0 saturated carbocycles. The van der Waals surface area contributed by atoms with E-state index >= 15 is 0 Å². The Kier molecular flexibility index (Phi) is 6.68. The minimum atomic E-state index is -1.18. The summed E-state index contributed by atoms with van der Waals surface area (Å²) in [6, 6.07) is 11.9. The number of ether oxygens (including phenoxy) is 1. The fourth-order valence-corrected chi connectivity index (χ4v) is 2.58.